The van der Waals surface area contributed by atoms with Crippen molar-refractivity contribution >= 4 is 11.7 Å². The third kappa shape index (κ3) is 6.60. The number of ketones is 1. The van der Waals surface area contributed by atoms with Crippen LogP contribution in [0.25, 0.3) is 5.73 Å². The van der Waals surface area contributed by atoms with Gasteiger partial charge in [-0.15, -0.1) is 0 Å². The molecular formula is C27H35AcN4O3-. The van der Waals surface area contributed by atoms with E-state index >= 15 is 0 Å². The number of benzene rings is 2. The largest absolute Gasteiger partial charge is 0.663 e. The minimum Gasteiger partial charge on any atom is -0.663 e. The molecule has 185 valence electrons. The van der Waals surface area contributed by atoms with Crippen LogP contribution in [-0.2, 0) is 22.4 Å². The fourth-order valence-electron chi connectivity index (χ4n) is 5.32. The van der Waals surface area contributed by atoms with Gasteiger partial charge in [0.05, 0.1) is 6.10 Å². The summed E-state index contributed by atoms with van der Waals surface area (Å²) in [6, 6.07) is 19.2. The Kier molecular flexibility index (Phi) is 10.1. The number of aliphatic hydroxyl groups is 1. The Labute approximate surface area is 244 Å². The fraction of sp³-hybridized carbons (Fsp3) is 0.481. The Morgan fingerprint density at radius 3 is 2.26 bits per heavy atom. The normalized spacial score (nSPS) is 24.5. The van der Waals surface area contributed by atoms with E-state index in [-0.39, 0.29) is 74.1 Å². The van der Waals surface area contributed by atoms with Crippen LogP contribution in [-0.4, -0.2) is 70.7 Å². The molecule has 5 atom stereocenters. The van der Waals surface area contributed by atoms with Crippen LogP contribution in [0.3, 0.4) is 0 Å². The molecule has 4 rings (SSSR count). The van der Waals surface area contributed by atoms with Gasteiger partial charge in [-0.1, -0.05) is 67.6 Å². The number of likely N-dealkylation sites (N-methyl/N-ethyl adjacent to an activating group) is 1. The first-order valence-electron chi connectivity index (χ1n) is 12.1. The number of carbonyl (C=O) groups is 2. The first-order chi connectivity index (χ1) is 16.3. The molecule has 0 spiro atoms. The van der Waals surface area contributed by atoms with Crippen LogP contribution in [0, 0.1) is 50.0 Å². The first kappa shape index (κ1) is 28.4. The number of rotatable bonds is 10. The Bertz CT molecular complexity index is 988. The maximum Gasteiger partial charge on any atom is 0.223 e. The van der Waals surface area contributed by atoms with E-state index < -0.39 is 17.7 Å². The third-order valence-electron chi connectivity index (χ3n) is 7.18. The van der Waals surface area contributed by atoms with Gasteiger partial charge in [-0.25, -0.2) is 5.01 Å². The minimum atomic E-state index is -1.21. The number of hydrogen-bond donors (Lipinski definition) is 2. The molecular weight excluding hydrogens is 655 g/mol. The van der Waals surface area contributed by atoms with Crippen molar-refractivity contribution < 1.29 is 58.8 Å². The van der Waals surface area contributed by atoms with E-state index in [1.54, 1.807) is 6.92 Å². The summed E-state index contributed by atoms with van der Waals surface area (Å²) in [6.07, 6.45) is 1.23. The zero-order valence-electron chi connectivity index (χ0n) is 20.6. The second-order valence-electron chi connectivity index (χ2n) is 9.87. The summed E-state index contributed by atoms with van der Waals surface area (Å²) >= 11 is 0. The predicted molar refractivity (Wildman–Crippen MR) is 132 cm³/mol. The molecule has 7 nitrogen and oxygen atoms in total. The van der Waals surface area contributed by atoms with Crippen molar-refractivity contribution in [3.8, 4) is 0 Å². The van der Waals surface area contributed by atoms with Crippen LogP contribution in [0.2, 0.25) is 0 Å². The molecule has 0 aliphatic carbocycles. The van der Waals surface area contributed by atoms with Crippen molar-refractivity contribution in [3.05, 3.63) is 77.5 Å². The minimum absolute atomic E-state index is 0. The summed E-state index contributed by atoms with van der Waals surface area (Å²) in [5.41, 5.74) is 9.25. The van der Waals surface area contributed by atoms with Crippen molar-refractivity contribution in [3.63, 3.8) is 0 Å². The molecule has 5 unspecified atom stereocenters. The van der Waals surface area contributed by atoms with Crippen molar-refractivity contribution in [1.82, 2.24) is 15.3 Å². The summed E-state index contributed by atoms with van der Waals surface area (Å²) in [7, 11) is 1.84. The van der Waals surface area contributed by atoms with Crippen LogP contribution in [0.5, 0.6) is 0 Å². The number of hydrogen-bond acceptors (Lipinski definition) is 5. The third-order valence-corrected chi connectivity index (χ3v) is 7.18. The number of aliphatic hydroxyl groups excluding tert-OH is 1. The average molecular weight is 691 g/mol. The zero-order valence-corrected chi connectivity index (χ0v) is 25.3. The van der Waals surface area contributed by atoms with Gasteiger partial charge in [-0.2, -0.15) is 0 Å². The Balaban J connectivity index is 0.00000342. The van der Waals surface area contributed by atoms with Gasteiger partial charge >= 0.3 is 0 Å². The van der Waals surface area contributed by atoms with Crippen molar-refractivity contribution in [2.45, 2.75) is 56.3 Å². The molecule has 0 saturated carbocycles. The SMILES string of the molecule is CNC(Cc1ccccc1)C(O)C(CC(=O)C1CCN2CC(C)([NH-])C(=O)N12)Cc1ccccc1.[Ac]. The maximum atomic E-state index is 13.5. The van der Waals surface area contributed by atoms with Gasteiger partial charge in [0.25, 0.3) is 0 Å². The molecule has 1 amide bonds. The van der Waals surface area contributed by atoms with Gasteiger partial charge in [0, 0.05) is 69.6 Å². The zero-order chi connectivity index (χ0) is 24.3. The molecule has 8 heteroatoms. The molecule has 2 fully saturated rings. The van der Waals surface area contributed by atoms with Crippen LogP contribution >= 0.6 is 0 Å². The molecule has 2 aromatic rings. The Morgan fingerprint density at radius 1 is 1.11 bits per heavy atom. The van der Waals surface area contributed by atoms with Crippen LogP contribution in [0.4, 0.5) is 0 Å². The average Bonchev–Trinajstić information content (AvgIpc) is 3.34. The summed E-state index contributed by atoms with van der Waals surface area (Å²) in [5, 5.41) is 18.1. The molecule has 0 aromatic heterocycles. The van der Waals surface area contributed by atoms with E-state index in [2.05, 4.69) is 5.32 Å². The first-order valence-corrected chi connectivity index (χ1v) is 12.1. The van der Waals surface area contributed by atoms with Crippen molar-refractivity contribution in [2.75, 3.05) is 20.1 Å². The van der Waals surface area contributed by atoms with E-state index in [0.717, 1.165) is 11.1 Å². The van der Waals surface area contributed by atoms with Gasteiger partial charge < -0.3 is 16.2 Å². The molecule has 2 heterocycles. The molecule has 2 aliphatic rings. The van der Waals surface area contributed by atoms with Gasteiger partial charge in [0.2, 0.25) is 5.91 Å². The van der Waals surface area contributed by atoms with E-state index in [0.29, 0.717) is 32.4 Å². The Morgan fingerprint density at radius 2 is 1.69 bits per heavy atom. The van der Waals surface area contributed by atoms with Crippen LogP contribution in [0.1, 0.15) is 30.9 Å². The number of nitrogens with zero attached hydrogens (tertiary/aromatic N) is 2. The van der Waals surface area contributed by atoms with Gasteiger partial charge in [-0.05, 0) is 48.9 Å². The van der Waals surface area contributed by atoms with Gasteiger partial charge in [-0.3, -0.25) is 14.6 Å². The quantitative estimate of drug-likeness (QED) is 0.400. The number of carbonyl (C=O) groups excluding carboxylic acids is 2. The molecule has 1 radical (unpaired) electrons. The monoisotopic (exact) mass is 690 g/mol. The number of fused-ring (bicyclic) bond motifs is 1. The standard InChI is InChI=1S/C27H35N4O3.Ac/c1-27(28)18-30-14-13-23(31(30)26(27)34)24(32)17-21(15-19-9-5-3-6-10-19)25(33)22(29-2)16-20-11-7-4-8-12-20;/h3-12,21-23,25,28-29,33H,13-18H2,1-2H3;/q-1;. The van der Waals surface area contributed by atoms with Gasteiger partial charge in [0.15, 0.2) is 5.78 Å². The topological polar surface area (TPSA) is 96.7 Å². The molecule has 2 aromatic carbocycles. The van der Waals surface area contributed by atoms with E-state index in [4.69, 9.17) is 5.73 Å². The van der Waals surface area contributed by atoms with E-state index in [9.17, 15) is 14.7 Å². The van der Waals surface area contributed by atoms with Gasteiger partial charge in [0.1, 0.15) is 6.04 Å². The second kappa shape index (κ2) is 12.4. The summed E-state index contributed by atoms with van der Waals surface area (Å²) in [6.45, 7) is 2.54. The number of Topliss-reactive ketones (excluding diaryl/α,β-unsaturated/α-hetero) is 1. The molecule has 2 saturated heterocycles. The molecule has 35 heavy (non-hydrogen) atoms. The molecule has 3 N–H and O–H groups in total. The van der Waals surface area contributed by atoms with Crippen molar-refractivity contribution in [2.24, 2.45) is 5.92 Å². The predicted octanol–water partition coefficient (Wildman–Crippen LogP) is 2.64. The summed E-state index contributed by atoms with van der Waals surface area (Å²) < 4.78 is 0. The number of nitrogens with one attached hydrogen (secondary N) is 2. The van der Waals surface area contributed by atoms with E-state index in [1.807, 2.05) is 72.7 Å². The molecule has 0 bridgehead atoms. The van der Waals surface area contributed by atoms with Crippen LogP contribution < -0.4 is 5.32 Å². The van der Waals surface area contributed by atoms with Crippen molar-refractivity contribution in [1.29, 1.82) is 0 Å². The summed E-state index contributed by atoms with van der Waals surface area (Å²) in [5.74, 6) is -0.644. The fourth-order valence-corrected chi connectivity index (χ4v) is 5.32. The number of amides is 1. The smallest absolute Gasteiger partial charge is 0.223 e. The Hall–Kier alpha value is -1.14. The maximum absolute atomic E-state index is 13.5. The summed E-state index contributed by atoms with van der Waals surface area (Å²) in [4.78, 5) is 26.3. The second-order valence-corrected chi connectivity index (χ2v) is 9.87. The number of hydrazine groups is 1. The van der Waals surface area contributed by atoms with Crippen LogP contribution in [0.15, 0.2) is 60.7 Å². The van der Waals surface area contributed by atoms with E-state index in [1.165, 1.54) is 5.01 Å². The molecule has 2 aliphatic heterocycles.